The van der Waals surface area contributed by atoms with Crippen LogP contribution in [-0.4, -0.2) is 17.1 Å². The van der Waals surface area contributed by atoms with E-state index in [4.69, 9.17) is 16.3 Å². The van der Waals surface area contributed by atoms with Crippen LogP contribution in [0, 0.1) is 5.82 Å². The van der Waals surface area contributed by atoms with E-state index in [0.29, 0.717) is 27.8 Å². The van der Waals surface area contributed by atoms with Gasteiger partial charge in [0.2, 0.25) is 0 Å². The van der Waals surface area contributed by atoms with E-state index < -0.39 is 0 Å². The summed E-state index contributed by atoms with van der Waals surface area (Å²) >= 11 is 7.61. The number of carbonyl (C=O) groups is 1. The van der Waals surface area contributed by atoms with Crippen molar-refractivity contribution in [2.45, 2.75) is 6.54 Å². The molecule has 1 aliphatic heterocycles. The minimum Gasteiger partial charge on any atom is -0.482 e. The lowest BCUT2D eigenvalue weighted by Gasteiger charge is -2.19. The van der Waals surface area contributed by atoms with E-state index in [0.717, 1.165) is 16.8 Å². The van der Waals surface area contributed by atoms with Gasteiger partial charge in [-0.05, 0) is 48.0 Å². The highest BCUT2D eigenvalue weighted by atomic mass is 35.5. The molecule has 3 aromatic carbocycles. The zero-order valence-corrected chi connectivity index (χ0v) is 18.3. The summed E-state index contributed by atoms with van der Waals surface area (Å²) in [5, 5.41) is 5.45. The fourth-order valence-electron chi connectivity index (χ4n) is 3.51. The summed E-state index contributed by atoms with van der Waals surface area (Å²) in [5.74, 6) is 0.0497. The molecule has 0 saturated heterocycles. The Balaban J connectivity index is 1.65. The Labute approximate surface area is 192 Å². The molecule has 5 rings (SSSR count). The number of benzene rings is 3. The van der Waals surface area contributed by atoms with E-state index in [1.807, 2.05) is 52.4 Å². The molecule has 0 bridgehead atoms. The summed E-state index contributed by atoms with van der Waals surface area (Å²) in [6, 6.07) is 19.6. The Hall–Kier alpha value is -3.42. The molecule has 5 nitrogen and oxygen atoms in total. The standard InChI is InChI=1S/C24H17ClFN3O2S/c25-17-5-3-4-15(10-17)12-29-21(14-32-24(29)28-19-7-2-1-6-18(19)26)16-8-9-22-20(11-16)27-23(30)13-31-22/h1-11,14H,12-13H2,(H,27,30). The first-order valence-electron chi connectivity index (χ1n) is 9.86. The van der Waals surface area contributed by atoms with Gasteiger partial charge in [-0.25, -0.2) is 9.38 Å². The fraction of sp³-hybridized carbons (Fsp3) is 0.0833. The van der Waals surface area contributed by atoms with Crippen molar-refractivity contribution in [1.82, 2.24) is 4.57 Å². The highest BCUT2D eigenvalue weighted by Gasteiger charge is 2.18. The van der Waals surface area contributed by atoms with Gasteiger partial charge >= 0.3 is 0 Å². The van der Waals surface area contributed by atoms with Crippen LogP contribution >= 0.6 is 22.9 Å². The zero-order valence-electron chi connectivity index (χ0n) is 16.7. The van der Waals surface area contributed by atoms with Gasteiger partial charge in [-0.2, -0.15) is 0 Å². The van der Waals surface area contributed by atoms with E-state index in [2.05, 4.69) is 10.3 Å². The molecular weight excluding hydrogens is 449 g/mol. The van der Waals surface area contributed by atoms with Gasteiger partial charge in [0, 0.05) is 16.0 Å². The highest BCUT2D eigenvalue weighted by molar-refractivity contribution is 7.07. The molecule has 1 aromatic heterocycles. The number of carbonyl (C=O) groups excluding carboxylic acids is 1. The van der Waals surface area contributed by atoms with E-state index in [1.54, 1.807) is 18.2 Å². The molecule has 0 radical (unpaired) electrons. The predicted octanol–water partition coefficient (Wildman–Crippen LogP) is 5.62. The number of aromatic nitrogens is 1. The number of hydrogen-bond donors (Lipinski definition) is 1. The summed E-state index contributed by atoms with van der Waals surface area (Å²) in [5.41, 5.74) is 3.64. The second-order valence-corrected chi connectivity index (χ2v) is 8.50. The van der Waals surface area contributed by atoms with Crippen molar-refractivity contribution in [2.75, 3.05) is 11.9 Å². The Morgan fingerprint density at radius 2 is 2.00 bits per heavy atom. The van der Waals surface area contributed by atoms with Crippen LogP contribution in [0.1, 0.15) is 5.56 Å². The predicted molar refractivity (Wildman–Crippen MR) is 124 cm³/mol. The smallest absolute Gasteiger partial charge is 0.262 e. The molecule has 8 heteroatoms. The number of amides is 1. The van der Waals surface area contributed by atoms with Crippen LogP contribution < -0.4 is 14.9 Å². The molecule has 0 aliphatic carbocycles. The van der Waals surface area contributed by atoms with Crippen LogP contribution in [-0.2, 0) is 11.3 Å². The van der Waals surface area contributed by atoms with Crippen LogP contribution in [0.25, 0.3) is 11.3 Å². The van der Waals surface area contributed by atoms with Crippen molar-refractivity contribution in [2.24, 2.45) is 4.99 Å². The maximum absolute atomic E-state index is 14.3. The molecule has 160 valence electrons. The monoisotopic (exact) mass is 465 g/mol. The second-order valence-electron chi connectivity index (χ2n) is 7.23. The fourth-order valence-corrected chi connectivity index (χ4v) is 4.64. The number of halogens is 2. The van der Waals surface area contributed by atoms with Crippen molar-refractivity contribution in [3.8, 4) is 17.0 Å². The summed E-state index contributed by atoms with van der Waals surface area (Å²) < 4.78 is 21.8. The van der Waals surface area contributed by atoms with Crippen molar-refractivity contribution in [3.05, 3.63) is 93.3 Å². The SMILES string of the molecule is O=C1COc2ccc(-c3csc(=Nc4ccccc4F)n3Cc3cccc(Cl)c3)cc2N1. The van der Waals surface area contributed by atoms with E-state index in [1.165, 1.54) is 17.4 Å². The number of rotatable bonds is 4. The number of hydrogen-bond acceptors (Lipinski definition) is 4. The summed E-state index contributed by atoms with van der Waals surface area (Å²) in [4.78, 5) is 17.0. The molecule has 0 fully saturated rings. The number of ether oxygens (including phenoxy) is 1. The lowest BCUT2D eigenvalue weighted by molar-refractivity contribution is -0.118. The first-order chi connectivity index (χ1) is 15.6. The van der Waals surface area contributed by atoms with Gasteiger partial charge < -0.3 is 14.6 Å². The Morgan fingerprint density at radius 3 is 2.84 bits per heavy atom. The third-order valence-corrected chi connectivity index (χ3v) is 6.10. The molecule has 32 heavy (non-hydrogen) atoms. The molecule has 4 aromatic rings. The molecule has 1 amide bonds. The maximum atomic E-state index is 14.3. The zero-order chi connectivity index (χ0) is 22.1. The van der Waals surface area contributed by atoms with Crippen LogP contribution in [0.5, 0.6) is 5.75 Å². The first kappa shape index (κ1) is 20.5. The van der Waals surface area contributed by atoms with Gasteiger partial charge in [-0.1, -0.05) is 35.9 Å². The molecule has 2 heterocycles. The highest BCUT2D eigenvalue weighted by Crippen LogP contribution is 2.33. The lowest BCUT2D eigenvalue weighted by atomic mass is 10.1. The van der Waals surface area contributed by atoms with E-state index >= 15 is 0 Å². The van der Waals surface area contributed by atoms with Gasteiger partial charge in [0.1, 0.15) is 17.3 Å². The normalized spacial score (nSPS) is 13.4. The number of para-hydroxylation sites is 1. The molecule has 1 aliphatic rings. The third-order valence-electron chi connectivity index (χ3n) is 5.00. The van der Waals surface area contributed by atoms with Gasteiger partial charge in [0.15, 0.2) is 11.4 Å². The third kappa shape index (κ3) is 4.17. The van der Waals surface area contributed by atoms with E-state index in [9.17, 15) is 9.18 Å². The Morgan fingerprint density at radius 1 is 1.12 bits per heavy atom. The van der Waals surface area contributed by atoms with Gasteiger partial charge in [0.25, 0.3) is 5.91 Å². The Kier molecular flexibility index (Phi) is 5.51. The number of thiazole rings is 1. The summed E-state index contributed by atoms with van der Waals surface area (Å²) in [6.45, 7) is 0.498. The van der Waals surface area contributed by atoms with Crippen molar-refractivity contribution in [1.29, 1.82) is 0 Å². The van der Waals surface area contributed by atoms with Gasteiger partial charge in [-0.15, -0.1) is 11.3 Å². The number of nitrogens with one attached hydrogen (secondary N) is 1. The quantitative estimate of drug-likeness (QED) is 0.425. The first-order valence-corrected chi connectivity index (χ1v) is 11.1. The number of fused-ring (bicyclic) bond motifs is 1. The van der Waals surface area contributed by atoms with Crippen molar-refractivity contribution in [3.63, 3.8) is 0 Å². The second kappa shape index (κ2) is 8.61. The van der Waals surface area contributed by atoms with Gasteiger partial charge in [-0.3, -0.25) is 4.79 Å². The Bertz CT molecular complexity index is 1400. The van der Waals surface area contributed by atoms with Crippen molar-refractivity contribution >= 4 is 40.2 Å². The molecule has 0 unspecified atom stereocenters. The maximum Gasteiger partial charge on any atom is 0.262 e. The summed E-state index contributed by atoms with van der Waals surface area (Å²) in [6.07, 6.45) is 0. The van der Waals surface area contributed by atoms with Crippen LogP contribution in [0.15, 0.2) is 77.1 Å². The minimum atomic E-state index is -0.384. The topological polar surface area (TPSA) is 55.6 Å². The molecular formula is C24H17ClFN3O2S. The van der Waals surface area contributed by atoms with Crippen LogP contribution in [0.3, 0.4) is 0 Å². The molecule has 0 saturated carbocycles. The van der Waals surface area contributed by atoms with Crippen LogP contribution in [0.4, 0.5) is 15.8 Å². The minimum absolute atomic E-state index is 0.00519. The molecule has 0 spiro atoms. The largest absolute Gasteiger partial charge is 0.482 e. The van der Waals surface area contributed by atoms with E-state index in [-0.39, 0.29) is 24.0 Å². The number of anilines is 1. The number of nitrogens with zero attached hydrogens (tertiary/aromatic N) is 2. The van der Waals surface area contributed by atoms with Gasteiger partial charge in [0.05, 0.1) is 17.9 Å². The molecule has 0 atom stereocenters. The molecule has 1 N–H and O–H groups in total. The van der Waals surface area contributed by atoms with Crippen molar-refractivity contribution < 1.29 is 13.9 Å². The lowest BCUT2D eigenvalue weighted by Crippen LogP contribution is -2.25. The average molecular weight is 466 g/mol. The van der Waals surface area contributed by atoms with Crippen LogP contribution in [0.2, 0.25) is 5.02 Å². The summed E-state index contributed by atoms with van der Waals surface area (Å²) in [7, 11) is 0. The average Bonchev–Trinajstić information content (AvgIpc) is 3.17.